The number of unbranched alkanes of at least 4 members (excludes halogenated alkanes) is 1. The molecule has 0 aliphatic carbocycles. The van der Waals surface area contributed by atoms with Crippen LogP contribution < -0.4 is 15.4 Å². The highest BCUT2D eigenvalue weighted by Gasteiger charge is 2.07. The normalized spacial score (nSPS) is 11.6. The summed E-state index contributed by atoms with van der Waals surface area (Å²) < 4.78 is 5.59. The number of carbonyl (C=O) groups excluding carboxylic acids is 1. The van der Waals surface area contributed by atoms with E-state index in [-0.39, 0.29) is 6.03 Å². The number of hydrogen-bond acceptors (Lipinski definition) is 2. The summed E-state index contributed by atoms with van der Waals surface area (Å²) in [4.78, 5) is 11.8. The fourth-order valence-corrected chi connectivity index (χ4v) is 2.41. The third-order valence-corrected chi connectivity index (χ3v) is 3.73. The maximum absolute atomic E-state index is 11.8. The van der Waals surface area contributed by atoms with Gasteiger partial charge in [0.15, 0.2) is 6.23 Å². The maximum atomic E-state index is 11.8. The van der Waals surface area contributed by atoms with Crippen LogP contribution >= 0.6 is 11.6 Å². The molecule has 2 amide bonds. The molecule has 0 spiro atoms. The molecule has 0 radical (unpaired) electrons. The molecule has 2 aromatic carbocycles. The zero-order valence-electron chi connectivity index (χ0n) is 13.8. The predicted octanol–water partition coefficient (Wildman–Crippen LogP) is 4.39. The molecule has 1 atom stereocenters. The first kappa shape index (κ1) is 18.1. The minimum Gasteiger partial charge on any atom is -0.471 e. The van der Waals surface area contributed by atoms with Gasteiger partial charge in [-0.3, -0.25) is 0 Å². The number of nitrogens with one attached hydrogen (secondary N) is 2. The van der Waals surface area contributed by atoms with Gasteiger partial charge in [-0.1, -0.05) is 41.9 Å². The Kier molecular flexibility index (Phi) is 7.43. The Balaban J connectivity index is 1.58. The molecule has 0 saturated heterocycles. The van der Waals surface area contributed by atoms with Crippen LogP contribution in [0, 0.1) is 0 Å². The first-order valence-electron chi connectivity index (χ1n) is 8.14. The van der Waals surface area contributed by atoms with Crippen molar-refractivity contribution in [1.29, 1.82) is 0 Å². The van der Waals surface area contributed by atoms with Gasteiger partial charge in [0.2, 0.25) is 0 Å². The lowest BCUT2D eigenvalue weighted by atomic mass is 10.1. The van der Waals surface area contributed by atoms with Crippen molar-refractivity contribution in [2.24, 2.45) is 0 Å². The van der Waals surface area contributed by atoms with Gasteiger partial charge in [-0.2, -0.15) is 0 Å². The maximum Gasteiger partial charge on any atom is 0.317 e. The molecule has 24 heavy (non-hydrogen) atoms. The molecular weight excluding hydrogens is 324 g/mol. The van der Waals surface area contributed by atoms with E-state index in [1.54, 1.807) is 31.2 Å². The molecule has 5 heteroatoms. The van der Waals surface area contributed by atoms with Gasteiger partial charge in [-0.25, -0.2) is 4.79 Å². The summed E-state index contributed by atoms with van der Waals surface area (Å²) >= 11 is 5.82. The van der Waals surface area contributed by atoms with Crippen molar-refractivity contribution in [1.82, 2.24) is 10.6 Å². The second-order valence-corrected chi connectivity index (χ2v) is 5.99. The van der Waals surface area contributed by atoms with E-state index in [9.17, 15) is 4.79 Å². The number of carbonyl (C=O) groups is 1. The number of ether oxygens (including phenoxy) is 1. The van der Waals surface area contributed by atoms with Crippen LogP contribution in [0.15, 0.2) is 54.6 Å². The lowest BCUT2D eigenvalue weighted by molar-refractivity contribution is 0.177. The molecule has 0 aromatic heterocycles. The molecule has 0 bridgehead atoms. The van der Waals surface area contributed by atoms with Crippen molar-refractivity contribution < 1.29 is 9.53 Å². The molecule has 0 aliphatic heterocycles. The molecular formula is C19H23ClN2O2. The highest BCUT2D eigenvalue weighted by atomic mass is 35.5. The van der Waals surface area contributed by atoms with E-state index < -0.39 is 6.23 Å². The van der Waals surface area contributed by atoms with E-state index in [0.717, 1.165) is 19.3 Å². The summed E-state index contributed by atoms with van der Waals surface area (Å²) in [6.45, 7) is 2.43. The second-order valence-electron chi connectivity index (χ2n) is 5.56. The van der Waals surface area contributed by atoms with Gasteiger partial charge in [-0.15, -0.1) is 0 Å². The van der Waals surface area contributed by atoms with Gasteiger partial charge in [0.1, 0.15) is 5.75 Å². The summed E-state index contributed by atoms with van der Waals surface area (Å²) in [7, 11) is 0. The standard InChI is InChI=1S/C19H23ClN2O2/c1-15(24-18-12-10-17(20)11-13-18)22-19(23)21-14-6-5-9-16-7-3-2-4-8-16/h2-4,7-8,10-13,15H,5-6,9,14H2,1H3,(H2,21,22,23). The Hall–Kier alpha value is -2.20. The fourth-order valence-electron chi connectivity index (χ4n) is 2.28. The largest absolute Gasteiger partial charge is 0.471 e. The predicted molar refractivity (Wildman–Crippen MR) is 97.5 cm³/mol. The number of rotatable bonds is 8. The Morgan fingerprint density at radius 1 is 1.08 bits per heavy atom. The smallest absolute Gasteiger partial charge is 0.317 e. The zero-order valence-corrected chi connectivity index (χ0v) is 14.6. The van der Waals surface area contributed by atoms with Crippen molar-refractivity contribution in [3.8, 4) is 5.75 Å². The minimum absolute atomic E-state index is 0.226. The van der Waals surface area contributed by atoms with E-state index in [0.29, 0.717) is 17.3 Å². The van der Waals surface area contributed by atoms with Crippen molar-refractivity contribution in [3.63, 3.8) is 0 Å². The summed E-state index contributed by atoms with van der Waals surface area (Å²) in [6, 6.07) is 17.1. The van der Waals surface area contributed by atoms with Gasteiger partial charge in [0.25, 0.3) is 0 Å². The quantitative estimate of drug-likeness (QED) is 0.550. The van der Waals surface area contributed by atoms with E-state index in [4.69, 9.17) is 16.3 Å². The second kappa shape index (κ2) is 9.83. The molecule has 2 aromatic rings. The lowest BCUT2D eigenvalue weighted by Crippen LogP contribution is -2.43. The van der Waals surface area contributed by atoms with Gasteiger partial charge in [0, 0.05) is 11.6 Å². The molecule has 4 nitrogen and oxygen atoms in total. The zero-order chi connectivity index (χ0) is 17.2. The topological polar surface area (TPSA) is 50.4 Å². The van der Waals surface area contributed by atoms with Gasteiger partial charge < -0.3 is 15.4 Å². The Morgan fingerprint density at radius 3 is 2.50 bits per heavy atom. The number of urea groups is 1. The molecule has 0 fully saturated rings. The number of aryl methyl sites for hydroxylation is 1. The average molecular weight is 347 g/mol. The van der Waals surface area contributed by atoms with Crippen LogP contribution in [0.3, 0.4) is 0 Å². The summed E-state index contributed by atoms with van der Waals surface area (Å²) in [5.41, 5.74) is 1.33. The average Bonchev–Trinajstić information content (AvgIpc) is 2.57. The number of halogens is 1. The van der Waals surface area contributed by atoms with Crippen molar-refractivity contribution in [3.05, 3.63) is 65.2 Å². The first-order chi connectivity index (χ1) is 11.6. The third-order valence-electron chi connectivity index (χ3n) is 3.48. The molecule has 128 valence electrons. The van der Waals surface area contributed by atoms with E-state index >= 15 is 0 Å². The van der Waals surface area contributed by atoms with E-state index in [1.807, 2.05) is 18.2 Å². The SMILES string of the molecule is CC(NC(=O)NCCCCc1ccccc1)Oc1ccc(Cl)cc1. The van der Waals surface area contributed by atoms with Crippen molar-refractivity contribution >= 4 is 17.6 Å². The van der Waals surface area contributed by atoms with Crippen LogP contribution in [-0.2, 0) is 6.42 Å². The third kappa shape index (κ3) is 6.92. The highest BCUT2D eigenvalue weighted by Crippen LogP contribution is 2.16. The molecule has 0 aliphatic rings. The molecule has 1 unspecified atom stereocenters. The van der Waals surface area contributed by atoms with Crippen LogP contribution in [0.1, 0.15) is 25.3 Å². The number of benzene rings is 2. The van der Waals surface area contributed by atoms with Crippen LogP contribution in [0.4, 0.5) is 4.79 Å². The highest BCUT2D eigenvalue weighted by molar-refractivity contribution is 6.30. The molecule has 2 rings (SSSR count). The van der Waals surface area contributed by atoms with Crippen LogP contribution in [0.25, 0.3) is 0 Å². The van der Waals surface area contributed by atoms with Gasteiger partial charge >= 0.3 is 6.03 Å². The van der Waals surface area contributed by atoms with Crippen LogP contribution in [0.5, 0.6) is 5.75 Å². The van der Waals surface area contributed by atoms with E-state index in [1.165, 1.54) is 5.56 Å². The van der Waals surface area contributed by atoms with Crippen molar-refractivity contribution in [2.75, 3.05) is 6.54 Å². The van der Waals surface area contributed by atoms with Gasteiger partial charge in [-0.05, 0) is 56.0 Å². The number of amides is 2. The summed E-state index contributed by atoms with van der Waals surface area (Å²) in [6.07, 6.45) is 2.59. The monoisotopic (exact) mass is 346 g/mol. The van der Waals surface area contributed by atoms with Crippen LogP contribution in [0.2, 0.25) is 5.02 Å². The summed E-state index contributed by atoms with van der Waals surface area (Å²) in [5, 5.41) is 6.24. The summed E-state index contributed by atoms with van der Waals surface area (Å²) in [5.74, 6) is 0.662. The number of hydrogen-bond donors (Lipinski definition) is 2. The molecule has 0 heterocycles. The van der Waals surface area contributed by atoms with Crippen LogP contribution in [-0.4, -0.2) is 18.8 Å². The molecule has 0 saturated carbocycles. The first-order valence-corrected chi connectivity index (χ1v) is 8.52. The van der Waals surface area contributed by atoms with E-state index in [2.05, 4.69) is 22.8 Å². The van der Waals surface area contributed by atoms with Gasteiger partial charge in [0.05, 0.1) is 0 Å². The lowest BCUT2D eigenvalue weighted by Gasteiger charge is -2.16. The Labute approximate surface area is 148 Å². The fraction of sp³-hybridized carbons (Fsp3) is 0.316. The minimum atomic E-state index is -0.421. The Bertz CT molecular complexity index is 617. The Morgan fingerprint density at radius 2 is 1.79 bits per heavy atom. The van der Waals surface area contributed by atoms with Crippen molar-refractivity contribution in [2.45, 2.75) is 32.4 Å². The molecule has 2 N–H and O–H groups in total.